The molecule has 0 spiro atoms. The van der Waals surface area contributed by atoms with Gasteiger partial charge in [0.2, 0.25) is 10.0 Å². The molecule has 7 heteroatoms. The molecule has 0 aromatic rings. The Morgan fingerprint density at radius 1 is 1.27 bits per heavy atom. The van der Waals surface area contributed by atoms with Gasteiger partial charge in [-0.15, -0.1) is 0 Å². The monoisotopic (exact) mass is 241 g/mol. The highest BCUT2D eigenvalue weighted by Gasteiger charge is 2.07. The van der Waals surface area contributed by atoms with Gasteiger partial charge >= 0.3 is 0 Å². The van der Waals surface area contributed by atoms with Gasteiger partial charge in [-0.3, -0.25) is 0 Å². The molecule has 0 aromatic heterocycles. The lowest BCUT2D eigenvalue weighted by Crippen LogP contribution is -2.29. The van der Waals surface area contributed by atoms with Crippen LogP contribution >= 0.6 is 0 Å². The van der Waals surface area contributed by atoms with Crippen molar-refractivity contribution in [3.8, 4) is 0 Å². The molecule has 0 saturated carbocycles. The Hall–Kier alpha value is -0.210. The number of nitrogens with one attached hydrogen (secondary N) is 1. The third-order valence-electron chi connectivity index (χ3n) is 1.58. The maximum absolute atomic E-state index is 11.0. The van der Waals surface area contributed by atoms with Crippen molar-refractivity contribution in [3.05, 3.63) is 0 Å². The van der Waals surface area contributed by atoms with E-state index < -0.39 is 10.0 Å². The van der Waals surface area contributed by atoms with Crippen LogP contribution in [0.1, 0.15) is 6.42 Å². The fourth-order valence-corrected chi connectivity index (χ4v) is 1.68. The summed E-state index contributed by atoms with van der Waals surface area (Å²) in [6.45, 7) is 1.51. The zero-order valence-electron chi connectivity index (χ0n) is 8.94. The minimum absolute atomic E-state index is 0.252. The fourth-order valence-electron chi connectivity index (χ4n) is 0.839. The Kier molecular flexibility index (Phi) is 8.92. The Morgan fingerprint density at radius 3 is 2.60 bits per heavy atom. The molecular formula is C8H19NO5S. The molecule has 15 heavy (non-hydrogen) atoms. The molecule has 0 rings (SSSR count). The molecule has 0 amide bonds. The summed E-state index contributed by atoms with van der Waals surface area (Å²) in [4.78, 5) is 0. The Morgan fingerprint density at radius 2 is 2.00 bits per heavy atom. The molecule has 0 unspecified atom stereocenters. The largest absolute Gasteiger partial charge is 0.395 e. The van der Waals surface area contributed by atoms with E-state index in [2.05, 4.69) is 4.72 Å². The summed E-state index contributed by atoms with van der Waals surface area (Å²) in [6.07, 6.45) is 0.606. The molecule has 0 atom stereocenters. The van der Waals surface area contributed by atoms with Crippen molar-refractivity contribution in [1.29, 1.82) is 0 Å². The minimum Gasteiger partial charge on any atom is -0.395 e. The number of ether oxygens (including phenoxy) is 2. The van der Waals surface area contributed by atoms with E-state index in [0.717, 1.165) is 0 Å². The second-order valence-electron chi connectivity index (χ2n) is 2.90. The molecule has 0 radical (unpaired) electrons. The van der Waals surface area contributed by atoms with E-state index in [4.69, 9.17) is 14.6 Å². The van der Waals surface area contributed by atoms with Gasteiger partial charge in [0, 0.05) is 20.3 Å². The lowest BCUT2D eigenvalue weighted by atomic mass is 10.5. The summed E-state index contributed by atoms with van der Waals surface area (Å²) >= 11 is 0. The first-order chi connectivity index (χ1) is 7.12. The minimum atomic E-state index is -3.31. The van der Waals surface area contributed by atoms with Crippen LogP contribution in [0.5, 0.6) is 0 Å². The van der Waals surface area contributed by atoms with E-state index in [1.807, 2.05) is 0 Å². The number of rotatable bonds is 10. The summed E-state index contributed by atoms with van der Waals surface area (Å²) in [5.41, 5.74) is 0. The molecule has 0 aromatic carbocycles. The van der Waals surface area contributed by atoms with Crippen LogP contribution in [-0.4, -0.2) is 59.4 Å². The van der Waals surface area contributed by atoms with E-state index in [0.29, 0.717) is 32.8 Å². The number of sulfonamides is 1. The lowest BCUT2D eigenvalue weighted by molar-refractivity contribution is 0.0699. The van der Waals surface area contributed by atoms with Gasteiger partial charge in [-0.2, -0.15) is 0 Å². The Balaban J connectivity index is 3.31. The maximum atomic E-state index is 11.0. The van der Waals surface area contributed by atoms with Gasteiger partial charge in [-0.05, 0) is 6.42 Å². The summed E-state index contributed by atoms with van der Waals surface area (Å²) in [6, 6.07) is 0. The average Bonchev–Trinajstić information content (AvgIpc) is 2.16. The Bertz CT molecular complexity index is 229. The third kappa shape index (κ3) is 10.1. The molecular weight excluding hydrogens is 222 g/mol. The molecule has 0 aliphatic rings. The molecule has 0 aliphatic carbocycles. The third-order valence-corrected chi connectivity index (χ3v) is 2.94. The number of methoxy groups -OCH3 is 1. The van der Waals surface area contributed by atoms with Crippen molar-refractivity contribution in [3.63, 3.8) is 0 Å². The Labute approximate surface area is 90.6 Å². The fraction of sp³-hybridized carbons (Fsp3) is 1.00. The second kappa shape index (κ2) is 9.05. The normalized spacial score (nSPS) is 11.9. The highest BCUT2D eigenvalue weighted by atomic mass is 32.2. The SMILES string of the molecule is COCCOCCCNS(=O)(=O)CCO. The summed E-state index contributed by atoms with van der Waals surface area (Å²) in [7, 11) is -1.72. The molecule has 6 nitrogen and oxygen atoms in total. The predicted molar refractivity (Wildman–Crippen MR) is 56.2 cm³/mol. The van der Waals surface area contributed by atoms with Crippen molar-refractivity contribution in [2.75, 3.05) is 45.8 Å². The predicted octanol–water partition coefficient (Wildman–Crippen LogP) is -1.05. The van der Waals surface area contributed by atoms with Crippen LogP contribution in [0.25, 0.3) is 0 Å². The molecule has 0 aliphatic heterocycles. The van der Waals surface area contributed by atoms with Crippen LogP contribution in [0.3, 0.4) is 0 Å². The van der Waals surface area contributed by atoms with Crippen molar-refractivity contribution in [2.45, 2.75) is 6.42 Å². The van der Waals surface area contributed by atoms with Crippen LogP contribution in [0.4, 0.5) is 0 Å². The highest BCUT2D eigenvalue weighted by Crippen LogP contribution is 1.86. The van der Waals surface area contributed by atoms with E-state index in [1.165, 1.54) is 0 Å². The van der Waals surface area contributed by atoms with Crippen LogP contribution in [0.15, 0.2) is 0 Å². The average molecular weight is 241 g/mol. The van der Waals surface area contributed by atoms with Crippen LogP contribution < -0.4 is 4.72 Å². The number of hydrogen-bond donors (Lipinski definition) is 2. The first-order valence-corrected chi connectivity index (χ1v) is 6.42. The molecule has 2 N–H and O–H groups in total. The van der Waals surface area contributed by atoms with Crippen LogP contribution in [0, 0.1) is 0 Å². The van der Waals surface area contributed by atoms with Gasteiger partial charge in [0.1, 0.15) is 0 Å². The van der Waals surface area contributed by atoms with Gasteiger partial charge in [0.25, 0.3) is 0 Å². The van der Waals surface area contributed by atoms with Crippen molar-refractivity contribution >= 4 is 10.0 Å². The molecule has 0 bridgehead atoms. The molecule has 92 valence electrons. The quantitative estimate of drug-likeness (QED) is 0.477. The van der Waals surface area contributed by atoms with Gasteiger partial charge in [-0.1, -0.05) is 0 Å². The van der Waals surface area contributed by atoms with E-state index in [-0.39, 0.29) is 12.4 Å². The number of hydrogen-bond acceptors (Lipinski definition) is 5. The van der Waals surface area contributed by atoms with Gasteiger partial charge in [0.05, 0.1) is 25.6 Å². The number of aliphatic hydroxyl groups excluding tert-OH is 1. The van der Waals surface area contributed by atoms with Gasteiger partial charge < -0.3 is 14.6 Å². The standard InChI is InChI=1S/C8H19NO5S/c1-13-6-7-14-5-2-3-9-15(11,12)8-4-10/h9-10H,2-8H2,1H3. The van der Waals surface area contributed by atoms with E-state index in [1.54, 1.807) is 7.11 Å². The van der Waals surface area contributed by atoms with E-state index in [9.17, 15) is 8.42 Å². The smallest absolute Gasteiger partial charge is 0.213 e. The lowest BCUT2D eigenvalue weighted by Gasteiger charge is -2.05. The van der Waals surface area contributed by atoms with Gasteiger partial charge in [-0.25, -0.2) is 13.1 Å². The van der Waals surface area contributed by atoms with Gasteiger partial charge in [0.15, 0.2) is 0 Å². The second-order valence-corrected chi connectivity index (χ2v) is 4.82. The zero-order valence-corrected chi connectivity index (χ0v) is 9.75. The highest BCUT2D eigenvalue weighted by molar-refractivity contribution is 7.89. The topological polar surface area (TPSA) is 84.9 Å². The van der Waals surface area contributed by atoms with Crippen molar-refractivity contribution < 1.29 is 23.0 Å². The summed E-state index contributed by atoms with van der Waals surface area (Å²) < 4.78 is 34.3. The molecule has 0 heterocycles. The number of aliphatic hydroxyl groups is 1. The molecule has 0 fully saturated rings. The van der Waals surface area contributed by atoms with Crippen molar-refractivity contribution in [1.82, 2.24) is 4.72 Å². The summed E-state index contributed by atoms with van der Waals surface area (Å²) in [5, 5.41) is 8.44. The summed E-state index contributed by atoms with van der Waals surface area (Å²) in [5.74, 6) is -0.252. The van der Waals surface area contributed by atoms with Crippen LogP contribution in [0.2, 0.25) is 0 Å². The zero-order chi connectivity index (χ0) is 11.6. The first kappa shape index (κ1) is 14.8. The van der Waals surface area contributed by atoms with E-state index >= 15 is 0 Å². The first-order valence-electron chi connectivity index (χ1n) is 4.77. The van der Waals surface area contributed by atoms with Crippen molar-refractivity contribution in [2.24, 2.45) is 0 Å². The maximum Gasteiger partial charge on any atom is 0.213 e. The molecule has 0 saturated heterocycles. The van der Waals surface area contributed by atoms with Crippen LogP contribution in [-0.2, 0) is 19.5 Å².